The number of rotatable bonds is 5. The van der Waals surface area contributed by atoms with Gasteiger partial charge in [-0.25, -0.2) is 14.8 Å². The van der Waals surface area contributed by atoms with Crippen molar-refractivity contribution >= 4 is 11.9 Å². The van der Waals surface area contributed by atoms with Crippen LogP contribution >= 0.6 is 0 Å². The average Bonchev–Trinajstić information content (AvgIpc) is 2.41. The molecule has 0 fully saturated rings. The average molecular weight is 305 g/mol. The van der Waals surface area contributed by atoms with Crippen molar-refractivity contribution in [2.24, 2.45) is 5.92 Å². The molecule has 2 N–H and O–H groups in total. The SMILES string of the molecule is CC(C)C(CNc1nccnc1C#N)NC(=O)OC(C)(C)C. The molecule has 0 bridgehead atoms. The fraction of sp³-hybridized carbons (Fsp3) is 0.600. The van der Waals surface area contributed by atoms with Gasteiger partial charge in [0.15, 0.2) is 11.5 Å². The number of carbonyl (C=O) groups is 1. The van der Waals surface area contributed by atoms with E-state index in [0.717, 1.165) is 0 Å². The zero-order valence-corrected chi connectivity index (χ0v) is 13.7. The van der Waals surface area contributed by atoms with Gasteiger partial charge in [-0.15, -0.1) is 0 Å². The van der Waals surface area contributed by atoms with Gasteiger partial charge in [0.2, 0.25) is 0 Å². The third-order valence-corrected chi connectivity index (χ3v) is 2.80. The molecule has 120 valence electrons. The van der Waals surface area contributed by atoms with E-state index < -0.39 is 11.7 Å². The van der Waals surface area contributed by atoms with Crippen molar-refractivity contribution in [3.8, 4) is 6.07 Å². The number of aromatic nitrogens is 2. The van der Waals surface area contributed by atoms with Crippen molar-refractivity contribution in [2.75, 3.05) is 11.9 Å². The number of hydrogen-bond acceptors (Lipinski definition) is 6. The predicted octanol–water partition coefficient (Wildman–Crippen LogP) is 2.31. The number of nitrogens with one attached hydrogen (secondary N) is 2. The van der Waals surface area contributed by atoms with E-state index in [1.54, 1.807) is 0 Å². The van der Waals surface area contributed by atoms with E-state index in [1.165, 1.54) is 12.4 Å². The Hall–Kier alpha value is -2.36. The van der Waals surface area contributed by atoms with Gasteiger partial charge in [0, 0.05) is 18.9 Å². The number of hydrogen-bond donors (Lipinski definition) is 2. The van der Waals surface area contributed by atoms with Gasteiger partial charge in [-0.2, -0.15) is 5.26 Å². The Labute approximate surface area is 131 Å². The summed E-state index contributed by atoms with van der Waals surface area (Å²) < 4.78 is 5.26. The quantitative estimate of drug-likeness (QED) is 0.866. The molecule has 1 rings (SSSR count). The summed E-state index contributed by atoms with van der Waals surface area (Å²) in [6.45, 7) is 9.84. The molecule has 0 aliphatic rings. The van der Waals surface area contributed by atoms with Crippen LogP contribution in [0.25, 0.3) is 0 Å². The summed E-state index contributed by atoms with van der Waals surface area (Å²) in [5.41, 5.74) is -0.319. The monoisotopic (exact) mass is 305 g/mol. The summed E-state index contributed by atoms with van der Waals surface area (Å²) in [6.07, 6.45) is 2.50. The fourth-order valence-electron chi connectivity index (χ4n) is 1.67. The van der Waals surface area contributed by atoms with Crippen LogP contribution in [0.15, 0.2) is 12.4 Å². The molecule has 1 heterocycles. The van der Waals surface area contributed by atoms with Crippen molar-refractivity contribution in [2.45, 2.75) is 46.3 Å². The Morgan fingerprint density at radius 1 is 1.36 bits per heavy atom. The second-order valence-electron chi connectivity index (χ2n) is 6.24. The van der Waals surface area contributed by atoms with Gasteiger partial charge in [0.1, 0.15) is 11.7 Å². The molecule has 1 aromatic heterocycles. The minimum Gasteiger partial charge on any atom is -0.444 e. The molecule has 7 heteroatoms. The molecule has 0 saturated carbocycles. The maximum atomic E-state index is 11.9. The van der Waals surface area contributed by atoms with Crippen molar-refractivity contribution in [1.29, 1.82) is 5.26 Å². The highest BCUT2D eigenvalue weighted by molar-refractivity contribution is 5.68. The first-order chi connectivity index (χ1) is 10.2. The van der Waals surface area contributed by atoms with E-state index >= 15 is 0 Å². The van der Waals surface area contributed by atoms with Gasteiger partial charge in [-0.3, -0.25) is 0 Å². The standard InChI is InChI=1S/C15H23N5O2/c1-10(2)12(20-14(21)22-15(3,4)5)9-19-13-11(8-16)17-6-7-18-13/h6-7,10,12H,9H2,1-5H3,(H,18,19)(H,20,21). The van der Waals surface area contributed by atoms with E-state index in [1.807, 2.05) is 40.7 Å². The largest absolute Gasteiger partial charge is 0.444 e. The van der Waals surface area contributed by atoms with E-state index in [-0.39, 0.29) is 17.7 Å². The summed E-state index contributed by atoms with van der Waals surface area (Å²) in [4.78, 5) is 19.9. The molecule has 22 heavy (non-hydrogen) atoms. The molecule has 1 aromatic rings. The Balaban J connectivity index is 2.66. The number of alkyl carbamates (subject to hydrolysis) is 1. The fourth-order valence-corrected chi connectivity index (χ4v) is 1.67. The van der Waals surface area contributed by atoms with Crippen LogP contribution in [0.5, 0.6) is 0 Å². The Morgan fingerprint density at radius 3 is 2.55 bits per heavy atom. The zero-order chi connectivity index (χ0) is 16.8. The van der Waals surface area contributed by atoms with Crippen LogP contribution in [0, 0.1) is 17.2 Å². The molecule has 1 atom stereocenters. The molecular weight excluding hydrogens is 282 g/mol. The van der Waals surface area contributed by atoms with E-state index in [9.17, 15) is 4.79 Å². The van der Waals surface area contributed by atoms with Crippen molar-refractivity contribution < 1.29 is 9.53 Å². The van der Waals surface area contributed by atoms with Crippen LogP contribution in [-0.2, 0) is 4.74 Å². The highest BCUT2D eigenvalue weighted by Gasteiger charge is 2.21. The Morgan fingerprint density at radius 2 is 2.00 bits per heavy atom. The molecule has 7 nitrogen and oxygen atoms in total. The van der Waals surface area contributed by atoms with Crippen LogP contribution in [0.1, 0.15) is 40.3 Å². The lowest BCUT2D eigenvalue weighted by Crippen LogP contribution is -2.45. The van der Waals surface area contributed by atoms with Crippen LogP contribution in [0.3, 0.4) is 0 Å². The number of ether oxygens (including phenoxy) is 1. The maximum absolute atomic E-state index is 11.9. The highest BCUT2D eigenvalue weighted by Crippen LogP contribution is 2.11. The maximum Gasteiger partial charge on any atom is 0.407 e. The number of nitrogens with zero attached hydrogens (tertiary/aromatic N) is 3. The molecular formula is C15H23N5O2. The minimum atomic E-state index is -0.544. The first kappa shape index (κ1) is 17.7. The van der Waals surface area contributed by atoms with Crippen molar-refractivity contribution in [1.82, 2.24) is 15.3 Å². The summed E-state index contributed by atoms with van der Waals surface area (Å²) in [6, 6.07) is 1.81. The molecule has 0 aliphatic carbocycles. The summed E-state index contributed by atoms with van der Waals surface area (Å²) in [5, 5.41) is 14.9. The third kappa shape index (κ3) is 5.95. The first-order valence-electron chi connectivity index (χ1n) is 7.17. The van der Waals surface area contributed by atoms with E-state index in [0.29, 0.717) is 12.4 Å². The third-order valence-electron chi connectivity index (χ3n) is 2.80. The zero-order valence-electron chi connectivity index (χ0n) is 13.7. The number of amides is 1. The second-order valence-corrected chi connectivity index (χ2v) is 6.24. The molecule has 0 spiro atoms. The van der Waals surface area contributed by atoms with Crippen LogP contribution in [0.2, 0.25) is 0 Å². The van der Waals surface area contributed by atoms with Gasteiger partial charge in [0.25, 0.3) is 0 Å². The normalized spacial score (nSPS) is 12.4. The van der Waals surface area contributed by atoms with Gasteiger partial charge in [-0.05, 0) is 26.7 Å². The smallest absolute Gasteiger partial charge is 0.407 e. The molecule has 0 radical (unpaired) electrons. The molecule has 0 saturated heterocycles. The second kappa shape index (κ2) is 7.59. The van der Waals surface area contributed by atoms with Gasteiger partial charge >= 0.3 is 6.09 Å². The van der Waals surface area contributed by atoms with Gasteiger partial charge < -0.3 is 15.4 Å². The topological polar surface area (TPSA) is 99.9 Å². The van der Waals surface area contributed by atoms with Gasteiger partial charge in [-0.1, -0.05) is 13.8 Å². The van der Waals surface area contributed by atoms with E-state index in [2.05, 4.69) is 20.6 Å². The van der Waals surface area contributed by atoms with Crippen LogP contribution in [-0.4, -0.2) is 34.2 Å². The minimum absolute atomic E-state index is 0.164. The lowest BCUT2D eigenvalue weighted by molar-refractivity contribution is 0.0494. The number of anilines is 1. The number of nitriles is 1. The summed E-state index contributed by atoms with van der Waals surface area (Å²) in [7, 11) is 0. The summed E-state index contributed by atoms with van der Waals surface area (Å²) in [5.74, 6) is 0.587. The van der Waals surface area contributed by atoms with E-state index in [4.69, 9.17) is 10.00 Å². The van der Waals surface area contributed by atoms with Gasteiger partial charge in [0.05, 0.1) is 6.04 Å². The molecule has 1 amide bonds. The predicted molar refractivity (Wildman–Crippen MR) is 83.2 cm³/mol. The molecule has 0 aromatic carbocycles. The van der Waals surface area contributed by atoms with Crippen LogP contribution in [0.4, 0.5) is 10.6 Å². The molecule has 1 unspecified atom stereocenters. The lowest BCUT2D eigenvalue weighted by Gasteiger charge is -2.26. The van der Waals surface area contributed by atoms with Crippen molar-refractivity contribution in [3.05, 3.63) is 18.1 Å². The number of carbonyl (C=O) groups excluding carboxylic acids is 1. The highest BCUT2D eigenvalue weighted by atomic mass is 16.6. The first-order valence-corrected chi connectivity index (χ1v) is 7.17. The van der Waals surface area contributed by atoms with Crippen molar-refractivity contribution in [3.63, 3.8) is 0 Å². The Kier molecular flexibility index (Phi) is 6.11. The molecule has 0 aliphatic heterocycles. The lowest BCUT2D eigenvalue weighted by atomic mass is 10.0. The summed E-state index contributed by atoms with van der Waals surface area (Å²) >= 11 is 0. The van der Waals surface area contributed by atoms with Crippen LogP contribution < -0.4 is 10.6 Å². The Bertz CT molecular complexity index is 546.